The van der Waals surface area contributed by atoms with E-state index in [0.29, 0.717) is 48.0 Å². The minimum Gasteiger partial charge on any atom is -0.463 e. The average Bonchev–Trinajstić information content (AvgIpc) is 2.95. The van der Waals surface area contributed by atoms with Crippen LogP contribution in [0.1, 0.15) is 34.5 Å². The number of amides is 3. The number of esters is 1. The minimum atomic E-state index is -4.48. The van der Waals surface area contributed by atoms with Crippen molar-refractivity contribution in [1.82, 2.24) is 20.0 Å². The van der Waals surface area contributed by atoms with Crippen molar-refractivity contribution in [2.75, 3.05) is 45.9 Å². The molecule has 41 heavy (non-hydrogen) atoms. The fraction of sp³-hybridized carbons (Fsp3) is 0.345. The van der Waals surface area contributed by atoms with Gasteiger partial charge in [-0.25, -0.2) is 9.59 Å². The Bertz CT molecular complexity index is 1320. The van der Waals surface area contributed by atoms with E-state index >= 15 is 0 Å². The molecule has 1 fully saturated rings. The summed E-state index contributed by atoms with van der Waals surface area (Å²) in [4.78, 5) is 44.5. The Labute approximate surface area is 241 Å². The second kappa shape index (κ2) is 12.8. The lowest BCUT2D eigenvalue weighted by Gasteiger charge is -2.40. The van der Waals surface area contributed by atoms with E-state index in [1.54, 1.807) is 42.2 Å². The van der Waals surface area contributed by atoms with Crippen LogP contribution in [-0.2, 0) is 15.7 Å². The van der Waals surface area contributed by atoms with Crippen LogP contribution in [0.15, 0.2) is 72.5 Å². The number of alkyl halides is 3. The number of carbonyl (C=O) groups excluding carboxylic acids is 3. The molecule has 2 aliphatic rings. The van der Waals surface area contributed by atoms with Gasteiger partial charge in [0.15, 0.2) is 0 Å². The number of piperazine rings is 1. The molecule has 8 nitrogen and oxygen atoms in total. The minimum absolute atomic E-state index is 0.142. The molecule has 2 aromatic rings. The number of carbonyl (C=O) groups is 3. The summed E-state index contributed by atoms with van der Waals surface area (Å²) in [5, 5.41) is 3.40. The van der Waals surface area contributed by atoms with Crippen molar-refractivity contribution in [3.63, 3.8) is 0 Å². The Morgan fingerprint density at radius 3 is 2.27 bits per heavy atom. The summed E-state index contributed by atoms with van der Waals surface area (Å²) < 4.78 is 44.1. The molecular formula is C29H30ClF3N4O4. The third kappa shape index (κ3) is 6.91. The van der Waals surface area contributed by atoms with E-state index in [1.165, 1.54) is 17.0 Å². The zero-order valence-corrected chi connectivity index (χ0v) is 23.2. The molecule has 3 amide bonds. The van der Waals surface area contributed by atoms with Crippen LogP contribution >= 0.6 is 11.6 Å². The molecular weight excluding hydrogens is 561 g/mol. The molecule has 2 heterocycles. The largest absolute Gasteiger partial charge is 0.463 e. The lowest BCUT2D eigenvalue weighted by molar-refractivity contribution is -0.139. The Balaban J connectivity index is 1.57. The Kier molecular flexibility index (Phi) is 9.39. The lowest BCUT2D eigenvalue weighted by atomic mass is 9.94. The van der Waals surface area contributed by atoms with E-state index in [0.717, 1.165) is 12.1 Å². The predicted molar refractivity (Wildman–Crippen MR) is 147 cm³/mol. The summed E-state index contributed by atoms with van der Waals surface area (Å²) in [5.41, 5.74) is 0.773. The number of hydrogen-bond donors (Lipinski definition) is 1. The fourth-order valence-corrected chi connectivity index (χ4v) is 4.98. The Morgan fingerprint density at radius 1 is 1.07 bits per heavy atom. The monoisotopic (exact) mass is 590 g/mol. The molecule has 0 spiro atoms. The normalized spacial score (nSPS) is 18.3. The van der Waals surface area contributed by atoms with Crippen molar-refractivity contribution in [3.05, 3.63) is 94.2 Å². The molecule has 0 aliphatic carbocycles. The highest BCUT2D eigenvalue weighted by atomic mass is 35.5. The first-order chi connectivity index (χ1) is 19.5. The van der Waals surface area contributed by atoms with Gasteiger partial charge >= 0.3 is 18.2 Å². The highest BCUT2D eigenvalue weighted by molar-refractivity contribution is 6.30. The topological polar surface area (TPSA) is 82.2 Å². The van der Waals surface area contributed by atoms with E-state index in [9.17, 15) is 27.6 Å². The molecule has 1 unspecified atom stereocenters. The summed E-state index contributed by atoms with van der Waals surface area (Å²) in [6, 6.07) is 9.80. The summed E-state index contributed by atoms with van der Waals surface area (Å²) >= 11 is 6.06. The van der Waals surface area contributed by atoms with E-state index in [-0.39, 0.29) is 31.2 Å². The van der Waals surface area contributed by atoms with Gasteiger partial charge in [-0.15, -0.1) is 6.58 Å². The van der Waals surface area contributed by atoms with Crippen molar-refractivity contribution in [1.29, 1.82) is 0 Å². The quantitative estimate of drug-likeness (QED) is 0.350. The van der Waals surface area contributed by atoms with Crippen LogP contribution in [0.5, 0.6) is 0 Å². The number of benzene rings is 2. The van der Waals surface area contributed by atoms with Crippen LogP contribution in [0.2, 0.25) is 5.02 Å². The van der Waals surface area contributed by atoms with Crippen molar-refractivity contribution in [2.45, 2.75) is 19.1 Å². The van der Waals surface area contributed by atoms with Crippen LogP contribution in [-0.4, -0.2) is 78.5 Å². The zero-order chi connectivity index (χ0) is 29.7. The maximum absolute atomic E-state index is 13.3. The van der Waals surface area contributed by atoms with Crippen molar-refractivity contribution in [3.8, 4) is 0 Å². The first-order valence-corrected chi connectivity index (χ1v) is 13.4. The van der Waals surface area contributed by atoms with Crippen LogP contribution in [0, 0.1) is 0 Å². The molecule has 1 saturated heterocycles. The third-order valence-corrected chi connectivity index (χ3v) is 7.19. The van der Waals surface area contributed by atoms with Gasteiger partial charge in [-0.2, -0.15) is 13.2 Å². The van der Waals surface area contributed by atoms with Crippen LogP contribution in [0.4, 0.5) is 18.0 Å². The fourth-order valence-electron chi connectivity index (χ4n) is 4.86. The van der Waals surface area contributed by atoms with Crippen molar-refractivity contribution in [2.24, 2.45) is 0 Å². The zero-order valence-electron chi connectivity index (χ0n) is 22.4. The smallest absolute Gasteiger partial charge is 0.416 e. The molecule has 4 rings (SSSR count). The van der Waals surface area contributed by atoms with Gasteiger partial charge in [0.2, 0.25) is 0 Å². The number of rotatable bonds is 8. The molecule has 0 bridgehead atoms. The van der Waals surface area contributed by atoms with Gasteiger partial charge in [0.05, 0.1) is 23.8 Å². The first kappa shape index (κ1) is 30.1. The maximum Gasteiger partial charge on any atom is 0.416 e. The van der Waals surface area contributed by atoms with Crippen LogP contribution < -0.4 is 5.32 Å². The molecule has 2 aliphatic heterocycles. The summed E-state index contributed by atoms with van der Waals surface area (Å²) in [6.45, 7) is 7.43. The highest BCUT2D eigenvalue weighted by Gasteiger charge is 2.39. The molecule has 2 aromatic carbocycles. The highest BCUT2D eigenvalue weighted by Crippen LogP contribution is 2.33. The number of ether oxygens (including phenoxy) is 1. The van der Waals surface area contributed by atoms with Gasteiger partial charge in [-0.1, -0.05) is 29.8 Å². The van der Waals surface area contributed by atoms with Gasteiger partial charge in [-0.05, 0) is 48.9 Å². The molecule has 1 atom stereocenters. The van der Waals surface area contributed by atoms with Gasteiger partial charge < -0.3 is 15.0 Å². The van der Waals surface area contributed by atoms with E-state index in [4.69, 9.17) is 16.3 Å². The number of nitrogens with one attached hydrogen (secondary N) is 1. The second-order valence-electron chi connectivity index (χ2n) is 9.56. The molecule has 1 N–H and O–H groups in total. The van der Waals surface area contributed by atoms with Crippen LogP contribution in [0.3, 0.4) is 0 Å². The SMILES string of the molecule is C=CCN1C(=O)NC(c2ccc(Cl)cc2)C(C(=O)OCC)=C1CN1CCN(C(=O)c2ccc(C(F)(F)F)cc2)CC1. The third-order valence-electron chi connectivity index (χ3n) is 6.94. The van der Waals surface area contributed by atoms with Gasteiger partial charge in [0.1, 0.15) is 0 Å². The maximum atomic E-state index is 13.3. The van der Waals surface area contributed by atoms with E-state index in [2.05, 4.69) is 11.9 Å². The lowest BCUT2D eigenvalue weighted by Crippen LogP contribution is -2.53. The number of urea groups is 1. The summed E-state index contributed by atoms with van der Waals surface area (Å²) in [5.74, 6) is -0.925. The van der Waals surface area contributed by atoms with E-state index < -0.39 is 29.8 Å². The Hall–Kier alpha value is -3.83. The van der Waals surface area contributed by atoms with Crippen LogP contribution in [0.25, 0.3) is 0 Å². The molecule has 0 radical (unpaired) electrons. The van der Waals surface area contributed by atoms with Crippen molar-refractivity contribution < 1.29 is 32.3 Å². The number of halogens is 4. The summed E-state index contributed by atoms with van der Waals surface area (Å²) in [6.07, 6.45) is -2.92. The second-order valence-corrected chi connectivity index (χ2v) is 9.99. The summed E-state index contributed by atoms with van der Waals surface area (Å²) in [7, 11) is 0. The van der Waals surface area contributed by atoms with Gasteiger partial charge in [0.25, 0.3) is 5.91 Å². The van der Waals surface area contributed by atoms with Gasteiger partial charge in [-0.3, -0.25) is 14.6 Å². The average molecular weight is 591 g/mol. The van der Waals surface area contributed by atoms with Gasteiger partial charge in [0, 0.05) is 55.6 Å². The van der Waals surface area contributed by atoms with E-state index in [1.807, 2.05) is 4.90 Å². The predicted octanol–water partition coefficient (Wildman–Crippen LogP) is 4.89. The first-order valence-electron chi connectivity index (χ1n) is 13.1. The molecule has 12 heteroatoms. The Morgan fingerprint density at radius 2 is 1.71 bits per heavy atom. The standard InChI is InChI=1S/C29H30ClF3N4O4/c1-3-13-37-23(24(27(39)41-4-2)25(34-28(37)40)19-7-11-22(30)12-8-19)18-35-14-16-36(17-15-35)26(38)20-5-9-21(10-6-20)29(31,32)33/h3,5-12,25H,1,4,13-18H2,2H3,(H,34,40). The van der Waals surface area contributed by atoms with Crippen molar-refractivity contribution >= 4 is 29.5 Å². The number of nitrogens with zero attached hydrogens (tertiary/aromatic N) is 3. The molecule has 0 aromatic heterocycles. The molecule has 218 valence electrons. The number of hydrogen-bond acceptors (Lipinski definition) is 5. The molecule has 0 saturated carbocycles.